The van der Waals surface area contributed by atoms with Gasteiger partial charge >= 0.3 is 12.3 Å². The third-order valence-corrected chi connectivity index (χ3v) is 6.26. The van der Waals surface area contributed by atoms with E-state index in [1.807, 2.05) is 6.92 Å². The highest BCUT2D eigenvalue weighted by Crippen LogP contribution is 2.64. The summed E-state index contributed by atoms with van der Waals surface area (Å²) in [6, 6.07) is 3.75. The Balaban J connectivity index is 1.81. The molecule has 176 valence electrons. The van der Waals surface area contributed by atoms with Crippen molar-refractivity contribution in [1.82, 2.24) is 9.88 Å². The van der Waals surface area contributed by atoms with Gasteiger partial charge in [0.2, 0.25) is 11.8 Å². The van der Waals surface area contributed by atoms with Crippen LogP contribution in [0.25, 0.3) is 5.69 Å². The van der Waals surface area contributed by atoms with Gasteiger partial charge in [-0.2, -0.15) is 18.4 Å². The van der Waals surface area contributed by atoms with Gasteiger partial charge in [-0.1, -0.05) is 6.92 Å². The fourth-order valence-corrected chi connectivity index (χ4v) is 4.88. The molecule has 2 bridgehead atoms. The Morgan fingerprint density at radius 1 is 1.33 bits per heavy atom. The normalized spacial score (nSPS) is 25.5. The number of amides is 1. The van der Waals surface area contributed by atoms with E-state index in [4.69, 9.17) is 14.7 Å². The lowest BCUT2D eigenvalue weighted by Crippen LogP contribution is -2.47. The molecule has 8 nitrogen and oxygen atoms in total. The van der Waals surface area contributed by atoms with Crippen LogP contribution >= 0.6 is 0 Å². The van der Waals surface area contributed by atoms with E-state index in [9.17, 15) is 28.2 Å². The van der Waals surface area contributed by atoms with Crippen molar-refractivity contribution in [2.24, 2.45) is 0 Å². The summed E-state index contributed by atoms with van der Waals surface area (Å²) < 4.78 is 52.4. The molecule has 0 aliphatic carbocycles. The Hall–Kier alpha value is -3.39. The van der Waals surface area contributed by atoms with Gasteiger partial charge < -0.3 is 25.0 Å². The number of nitrogens with one attached hydrogen (secondary N) is 1. The van der Waals surface area contributed by atoms with E-state index < -0.39 is 52.4 Å². The number of hydrogen-bond donors (Lipinski definition) is 3. The zero-order chi connectivity index (χ0) is 24.3. The van der Waals surface area contributed by atoms with Crippen molar-refractivity contribution in [3.63, 3.8) is 0 Å². The minimum Gasteiger partial charge on any atom is -0.494 e. The Morgan fingerprint density at radius 2 is 2.00 bits per heavy atom. The Kier molecular flexibility index (Phi) is 5.05. The second-order valence-corrected chi connectivity index (χ2v) is 8.55. The highest BCUT2D eigenvalue weighted by Gasteiger charge is 2.65. The number of rotatable bonds is 4. The van der Waals surface area contributed by atoms with Crippen molar-refractivity contribution in [3.8, 4) is 23.5 Å². The summed E-state index contributed by atoms with van der Waals surface area (Å²) >= 11 is 0. The lowest BCUT2D eigenvalue weighted by molar-refractivity contribution is -0.137. The van der Waals surface area contributed by atoms with Crippen molar-refractivity contribution < 1.29 is 37.7 Å². The molecule has 2 aliphatic rings. The zero-order valence-corrected chi connectivity index (χ0v) is 18.1. The first kappa shape index (κ1) is 22.8. The first-order chi connectivity index (χ1) is 15.4. The Morgan fingerprint density at radius 3 is 2.61 bits per heavy atom. The minimum atomic E-state index is -4.81. The van der Waals surface area contributed by atoms with Crippen molar-refractivity contribution in [2.75, 3.05) is 6.61 Å². The van der Waals surface area contributed by atoms with Crippen LogP contribution in [0.3, 0.4) is 0 Å². The molecule has 1 fully saturated rings. The van der Waals surface area contributed by atoms with Gasteiger partial charge in [0, 0.05) is 6.42 Å². The van der Waals surface area contributed by atoms with E-state index in [2.05, 4.69) is 5.32 Å². The molecule has 11 heteroatoms. The molecule has 0 spiro atoms. The number of hydrogen-bond acceptors (Lipinski definition) is 6. The molecule has 2 aromatic rings. The zero-order valence-electron chi connectivity index (χ0n) is 18.1. The molecule has 1 aromatic heterocycles. The summed E-state index contributed by atoms with van der Waals surface area (Å²) in [5.74, 6) is -0.987. The summed E-state index contributed by atoms with van der Waals surface area (Å²) in [5, 5.41) is 33.7. The number of aromatic hydroxyl groups is 2. The largest absolute Gasteiger partial charge is 0.494 e. The minimum absolute atomic E-state index is 0.174. The van der Waals surface area contributed by atoms with Crippen LogP contribution in [0.5, 0.6) is 11.8 Å². The van der Waals surface area contributed by atoms with Crippen LogP contribution in [0.2, 0.25) is 0 Å². The number of nitrogens with zero attached hydrogens (tertiary/aromatic N) is 2. The van der Waals surface area contributed by atoms with E-state index in [0.717, 1.165) is 10.6 Å². The van der Waals surface area contributed by atoms with E-state index in [1.165, 1.54) is 12.1 Å². The molecule has 3 N–H and O–H groups in total. The average molecular weight is 465 g/mol. The number of carbonyl (C=O) groups excluding carboxylic acids is 1. The SMILES string of the molecule is CCCOC(=O)N[C@H]1C[C@]2(C)O[C@@]1(C)c1c2c(O)n(-c2ccc(C#N)c(C(F)(F)F)c2)c1O. The van der Waals surface area contributed by atoms with Crippen LogP contribution in [0.15, 0.2) is 18.2 Å². The molecule has 1 amide bonds. The maximum atomic E-state index is 13.5. The smallest absolute Gasteiger partial charge is 0.417 e. The number of ether oxygens (including phenoxy) is 2. The van der Waals surface area contributed by atoms with E-state index in [0.29, 0.717) is 12.5 Å². The van der Waals surface area contributed by atoms with Crippen LogP contribution in [-0.4, -0.2) is 33.5 Å². The van der Waals surface area contributed by atoms with E-state index in [1.54, 1.807) is 13.8 Å². The van der Waals surface area contributed by atoms with Crippen LogP contribution in [0, 0.1) is 11.3 Å². The fraction of sp³-hybridized carbons (Fsp3) is 0.455. The van der Waals surface area contributed by atoms with Gasteiger partial charge in [0.05, 0.1) is 52.3 Å². The lowest BCUT2D eigenvalue weighted by Gasteiger charge is -2.30. The predicted octanol–water partition coefficient (Wildman–Crippen LogP) is 4.15. The van der Waals surface area contributed by atoms with Gasteiger partial charge in [-0.25, -0.2) is 4.79 Å². The Bertz CT molecular complexity index is 1190. The monoisotopic (exact) mass is 465 g/mol. The first-order valence-corrected chi connectivity index (χ1v) is 10.3. The lowest BCUT2D eigenvalue weighted by atomic mass is 9.76. The molecule has 2 aliphatic heterocycles. The standard InChI is InChI=1S/C22H22F3N3O5/c1-4-7-32-19(31)27-14-9-20(2)15-16(21(14,3)33-20)18(30)28(17(15)29)12-6-5-11(10-26)13(8-12)22(23,24)25/h5-6,8,14,29-30H,4,7,9H2,1-3H3,(H,27,31)/t14-,20-,21+/m0/s1. The number of carbonyl (C=O) groups is 1. The number of alkyl carbamates (subject to hydrolysis) is 1. The Labute approximate surface area is 187 Å². The quantitative estimate of drug-likeness (QED) is 0.625. The van der Waals surface area contributed by atoms with Gasteiger partial charge in [0.15, 0.2) is 0 Å². The van der Waals surface area contributed by atoms with Gasteiger partial charge in [0.25, 0.3) is 0 Å². The molecule has 3 atom stereocenters. The number of nitriles is 1. The maximum Gasteiger partial charge on any atom is 0.417 e. The van der Waals surface area contributed by atoms with Crippen LogP contribution in [-0.2, 0) is 26.9 Å². The number of fused-ring (bicyclic) bond motifs is 5. The van der Waals surface area contributed by atoms with E-state index >= 15 is 0 Å². The van der Waals surface area contributed by atoms with Crippen molar-refractivity contribution >= 4 is 6.09 Å². The molecule has 4 rings (SSSR count). The predicted molar refractivity (Wildman–Crippen MR) is 108 cm³/mol. The number of alkyl halides is 3. The van der Waals surface area contributed by atoms with Crippen molar-refractivity contribution in [1.29, 1.82) is 5.26 Å². The van der Waals surface area contributed by atoms with Crippen molar-refractivity contribution in [3.05, 3.63) is 40.5 Å². The summed E-state index contributed by atoms with van der Waals surface area (Å²) in [6.07, 6.45) is -4.59. The van der Waals surface area contributed by atoms with Crippen LogP contribution in [0.1, 0.15) is 55.9 Å². The number of halogens is 3. The highest BCUT2D eigenvalue weighted by atomic mass is 19.4. The molecule has 1 saturated heterocycles. The van der Waals surface area contributed by atoms with Gasteiger partial charge in [-0.05, 0) is 38.5 Å². The van der Waals surface area contributed by atoms with Gasteiger partial charge in [-0.15, -0.1) is 0 Å². The third kappa shape index (κ3) is 3.28. The highest BCUT2D eigenvalue weighted by molar-refractivity contribution is 5.69. The molecule has 0 radical (unpaired) electrons. The second-order valence-electron chi connectivity index (χ2n) is 8.55. The topological polar surface area (TPSA) is 117 Å². The van der Waals surface area contributed by atoms with E-state index in [-0.39, 0.29) is 29.8 Å². The molecule has 0 saturated carbocycles. The molecule has 33 heavy (non-hydrogen) atoms. The second kappa shape index (κ2) is 7.31. The maximum absolute atomic E-state index is 13.5. The van der Waals surface area contributed by atoms with Crippen LogP contribution in [0.4, 0.5) is 18.0 Å². The first-order valence-electron chi connectivity index (χ1n) is 10.3. The molecule has 3 heterocycles. The van der Waals surface area contributed by atoms with Gasteiger partial charge in [-0.3, -0.25) is 4.57 Å². The molecule has 0 unspecified atom stereocenters. The van der Waals surface area contributed by atoms with Gasteiger partial charge in [0.1, 0.15) is 5.60 Å². The molecular weight excluding hydrogens is 443 g/mol. The molecular formula is C22H22F3N3O5. The fourth-order valence-electron chi connectivity index (χ4n) is 4.88. The number of aromatic nitrogens is 1. The summed E-state index contributed by atoms with van der Waals surface area (Å²) in [6.45, 7) is 5.36. The third-order valence-electron chi connectivity index (χ3n) is 6.26. The van der Waals surface area contributed by atoms with Crippen molar-refractivity contribution in [2.45, 2.75) is 57.0 Å². The summed E-state index contributed by atoms with van der Waals surface area (Å²) in [7, 11) is 0. The average Bonchev–Trinajstić information content (AvgIpc) is 3.26. The van der Waals surface area contributed by atoms with Crippen LogP contribution < -0.4 is 5.32 Å². The summed E-state index contributed by atoms with van der Waals surface area (Å²) in [5.41, 5.74) is -3.91. The number of benzene rings is 1. The molecule has 1 aromatic carbocycles. The summed E-state index contributed by atoms with van der Waals surface area (Å²) in [4.78, 5) is 12.1.